The molecule has 170 valence electrons. The molecule has 3 aromatic rings. The zero-order valence-corrected chi connectivity index (χ0v) is 17.4. The fourth-order valence-electron chi connectivity index (χ4n) is 3.26. The summed E-state index contributed by atoms with van der Waals surface area (Å²) in [5, 5.41) is 21.8. The summed E-state index contributed by atoms with van der Waals surface area (Å²) in [6.07, 6.45) is -3.71. The van der Waals surface area contributed by atoms with E-state index in [4.69, 9.17) is 9.90 Å². The van der Waals surface area contributed by atoms with Crippen molar-refractivity contribution in [3.05, 3.63) is 53.1 Å². The van der Waals surface area contributed by atoms with Gasteiger partial charge in [-0.1, -0.05) is 23.4 Å². The highest BCUT2D eigenvalue weighted by Gasteiger charge is 2.38. The number of amides is 1. The molecule has 0 spiro atoms. The summed E-state index contributed by atoms with van der Waals surface area (Å²) in [5.41, 5.74) is 6.53. The Balaban J connectivity index is 0.000000360. The lowest BCUT2D eigenvalue weighted by Gasteiger charge is -2.20. The number of aromatic nitrogens is 3. The zero-order valence-electron chi connectivity index (χ0n) is 17.4. The number of rotatable bonds is 4. The first-order valence-electron chi connectivity index (χ1n) is 9.79. The van der Waals surface area contributed by atoms with Gasteiger partial charge in [-0.2, -0.15) is 13.2 Å². The number of nitrogens with one attached hydrogen (secondary N) is 2. The largest absolute Gasteiger partial charge is 0.490 e. The molecule has 0 aliphatic carbocycles. The van der Waals surface area contributed by atoms with Gasteiger partial charge in [0.2, 0.25) is 5.91 Å². The van der Waals surface area contributed by atoms with Crippen molar-refractivity contribution >= 4 is 28.6 Å². The van der Waals surface area contributed by atoms with Gasteiger partial charge < -0.3 is 15.7 Å². The maximum Gasteiger partial charge on any atom is 0.490 e. The monoisotopic (exact) mass is 449 g/mol. The van der Waals surface area contributed by atoms with Gasteiger partial charge in [-0.05, 0) is 48.2 Å². The van der Waals surface area contributed by atoms with Crippen LogP contribution < -0.4 is 10.6 Å². The van der Waals surface area contributed by atoms with Crippen LogP contribution in [0, 0.1) is 0 Å². The molecule has 1 atom stereocenters. The molecule has 0 saturated heterocycles. The number of aryl methyl sites for hydroxylation is 2. The Morgan fingerprint density at radius 2 is 1.97 bits per heavy atom. The lowest BCUT2D eigenvalue weighted by Crippen LogP contribution is -2.21. The van der Waals surface area contributed by atoms with E-state index < -0.39 is 12.1 Å². The molecule has 1 amide bonds. The average molecular weight is 449 g/mol. The molecule has 8 nitrogen and oxygen atoms in total. The molecular formula is C21H22F3N5O3. The predicted octanol–water partition coefficient (Wildman–Crippen LogP) is 3.34. The maximum absolute atomic E-state index is 11.5. The van der Waals surface area contributed by atoms with Crippen LogP contribution >= 0.6 is 0 Å². The van der Waals surface area contributed by atoms with Gasteiger partial charge in [0.25, 0.3) is 0 Å². The lowest BCUT2D eigenvalue weighted by molar-refractivity contribution is -0.192. The van der Waals surface area contributed by atoms with Crippen molar-refractivity contribution < 1.29 is 27.9 Å². The normalized spacial score (nSPS) is 14.2. The first-order valence-corrected chi connectivity index (χ1v) is 9.79. The van der Waals surface area contributed by atoms with Gasteiger partial charge in [-0.25, -0.2) is 9.48 Å². The number of hydrogen-bond donors (Lipinski definition) is 3. The van der Waals surface area contributed by atoms with Crippen LogP contribution in [-0.2, 0) is 29.6 Å². The summed E-state index contributed by atoms with van der Waals surface area (Å²) in [6, 6.07) is 12.7. The molecule has 1 aromatic heterocycles. The Morgan fingerprint density at radius 3 is 2.66 bits per heavy atom. The van der Waals surface area contributed by atoms with Gasteiger partial charge in [0.15, 0.2) is 0 Å². The molecule has 0 radical (unpaired) electrons. The van der Waals surface area contributed by atoms with Crippen molar-refractivity contribution in [3.8, 4) is 0 Å². The van der Waals surface area contributed by atoms with E-state index in [2.05, 4.69) is 58.2 Å². The second-order valence-electron chi connectivity index (χ2n) is 7.41. The number of carbonyl (C=O) groups is 2. The third-order valence-corrected chi connectivity index (χ3v) is 5.05. The number of carboxylic acid groups (broad SMARTS) is 1. The minimum absolute atomic E-state index is 0.103. The molecule has 1 aliphatic rings. The van der Waals surface area contributed by atoms with Crippen LogP contribution in [0.15, 0.2) is 36.4 Å². The zero-order chi connectivity index (χ0) is 23.5. The standard InChI is InChI=1S/C19H21N5O.C2HF3O2/c1-12(14-4-6-16-15(10-14)5-8-19(25)21-16)20-11-13-3-7-18-17(9-13)22-23-24(18)2;3-2(4,5)1(6)7/h3-4,6-7,9-10,12,20H,5,8,11H2,1-2H3,(H,21,25);(H,6,7). The average Bonchev–Trinajstić information content (AvgIpc) is 3.11. The second kappa shape index (κ2) is 9.35. The van der Waals surface area contributed by atoms with E-state index in [0.717, 1.165) is 29.7 Å². The van der Waals surface area contributed by atoms with E-state index in [1.54, 1.807) is 4.68 Å². The van der Waals surface area contributed by atoms with Crippen LogP contribution in [0.1, 0.15) is 36.1 Å². The summed E-state index contributed by atoms with van der Waals surface area (Å²) in [5.74, 6) is -2.65. The molecule has 0 bridgehead atoms. The Labute approximate surface area is 181 Å². The maximum atomic E-state index is 11.5. The SMILES string of the molecule is CC(NCc1ccc2c(c1)nnn2C)c1ccc2c(c1)CCC(=O)N2.O=C(O)C(F)(F)F. The van der Waals surface area contributed by atoms with E-state index in [0.29, 0.717) is 6.42 Å². The fraction of sp³-hybridized carbons (Fsp3) is 0.333. The van der Waals surface area contributed by atoms with Crippen LogP contribution in [0.25, 0.3) is 11.0 Å². The van der Waals surface area contributed by atoms with Gasteiger partial charge >= 0.3 is 12.1 Å². The van der Waals surface area contributed by atoms with Crippen molar-refractivity contribution in [2.24, 2.45) is 7.05 Å². The summed E-state index contributed by atoms with van der Waals surface area (Å²) in [6.45, 7) is 2.92. The number of carbonyl (C=O) groups excluding carboxylic acids is 1. The highest BCUT2D eigenvalue weighted by molar-refractivity contribution is 5.93. The molecule has 2 heterocycles. The quantitative estimate of drug-likeness (QED) is 0.564. The summed E-state index contributed by atoms with van der Waals surface area (Å²) in [7, 11) is 1.90. The molecule has 11 heteroatoms. The molecule has 0 saturated carbocycles. The summed E-state index contributed by atoms with van der Waals surface area (Å²) < 4.78 is 33.5. The number of aliphatic carboxylic acids is 1. The molecule has 1 aliphatic heterocycles. The van der Waals surface area contributed by atoms with Crippen LogP contribution in [0.4, 0.5) is 18.9 Å². The Hall–Kier alpha value is -3.47. The van der Waals surface area contributed by atoms with Crippen LogP contribution in [0.3, 0.4) is 0 Å². The number of hydrogen-bond acceptors (Lipinski definition) is 5. The predicted molar refractivity (Wildman–Crippen MR) is 111 cm³/mol. The van der Waals surface area contributed by atoms with Crippen molar-refractivity contribution in [2.75, 3.05) is 5.32 Å². The van der Waals surface area contributed by atoms with Crippen LogP contribution in [0.2, 0.25) is 0 Å². The van der Waals surface area contributed by atoms with E-state index in [-0.39, 0.29) is 11.9 Å². The Kier molecular flexibility index (Phi) is 6.78. The number of carboxylic acids is 1. The Morgan fingerprint density at radius 1 is 1.25 bits per heavy atom. The smallest absolute Gasteiger partial charge is 0.475 e. The number of benzene rings is 2. The number of nitrogens with zero attached hydrogens (tertiary/aromatic N) is 3. The highest BCUT2D eigenvalue weighted by atomic mass is 19.4. The van der Waals surface area contributed by atoms with Gasteiger partial charge in [-0.3, -0.25) is 4.79 Å². The molecule has 2 aromatic carbocycles. The second-order valence-corrected chi connectivity index (χ2v) is 7.41. The molecule has 32 heavy (non-hydrogen) atoms. The fourth-order valence-corrected chi connectivity index (χ4v) is 3.26. The van der Waals surface area contributed by atoms with E-state index in [1.807, 2.05) is 13.1 Å². The summed E-state index contributed by atoms with van der Waals surface area (Å²) >= 11 is 0. The first kappa shape index (κ1) is 23.2. The molecule has 4 rings (SSSR count). The van der Waals surface area contributed by atoms with E-state index in [9.17, 15) is 18.0 Å². The first-order chi connectivity index (χ1) is 15.0. The topological polar surface area (TPSA) is 109 Å². The van der Waals surface area contributed by atoms with Crippen molar-refractivity contribution in [1.29, 1.82) is 0 Å². The highest BCUT2D eigenvalue weighted by Crippen LogP contribution is 2.26. The van der Waals surface area contributed by atoms with E-state index >= 15 is 0 Å². The van der Waals surface area contributed by atoms with Gasteiger partial charge in [-0.15, -0.1) is 5.10 Å². The van der Waals surface area contributed by atoms with Gasteiger partial charge in [0.05, 0.1) is 5.52 Å². The molecule has 0 fully saturated rings. The van der Waals surface area contributed by atoms with Crippen LogP contribution in [0.5, 0.6) is 0 Å². The third kappa shape index (κ3) is 5.61. The van der Waals surface area contributed by atoms with E-state index in [1.165, 1.54) is 16.7 Å². The molecular weight excluding hydrogens is 427 g/mol. The molecule has 1 unspecified atom stereocenters. The van der Waals surface area contributed by atoms with Gasteiger partial charge in [0.1, 0.15) is 5.52 Å². The summed E-state index contributed by atoms with van der Waals surface area (Å²) in [4.78, 5) is 20.4. The minimum Gasteiger partial charge on any atom is -0.475 e. The number of anilines is 1. The third-order valence-electron chi connectivity index (χ3n) is 5.05. The van der Waals surface area contributed by atoms with Crippen molar-refractivity contribution in [3.63, 3.8) is 0 Å². The lowest BCUT2D eigenvalue weighted by atomic mass is 9.97. The number of halogens is 3. The number of alkyl halides is 3. The Bertz CT molecular complexity index is 1140. The van der Waals surface area contributed by atoms with Crippen molar-refractivity contribution in [1.82, 2.24) is 20.3 Å². The minimum atomic E-state index is -5.08. The van der Waals surface area contributed by atoms with Crippen LogP contribution in [-0.4, -0.2) is 38.2 Å². The molecule has 3 N–H and O–H groups in total. The van der Waals surface area contributed by atoms with Gasteiger partial charge in [0, 0.05) is 31.7 Å². The van der Waals surface area contributed by atoms with Crippen molar-refractivity contribution in [2.45, 2.75) is 38.5 Å². The number of fused-ring (bicyclic) bond motifs is 2.